The smallest absolute Gasteiger partial charge is 0.0554 e. The van der Waals surface area contributed by atoms with Crippen LogP contribution in [0.15, 0.2) is 0 Å². The van der Waals surface area contributed by atoms with E-state index in [9.17, 15) is 5.11 Å². The highest BCUT2D eigenvalue weighted by atomic mass is 35.5. The highest BCUT2D eigenvalue weighted by Gasteiger charge is 2.22. The fraction of sp³-hybridized carbons (Fsp3) is 1.00. The van der Waals surface area contributed by atoms with Gasteiger partial charge in [-0.3, -0.25) is 0 Å². The Hall–Kier alpha value is 0.540. The lowest BCUT2D eigenvalue weighted by molar-refractivity contribution is 0.118. The van der Waals surface area contributed by atoms with Gasteiger partial charge in [-0.15, -0.1) is 23.2 Å². The van der Waals surface area contributed by atoms with Gasteiger partial charge in [-0.1, -0.05) is 32.6 Å². The van der Waals surface area contributed by atoms with Crippen LogP contribution in [0.2, 0.25) is 0 Å². The molecule has 86 valence electrons. The minimum absolute atomic E-state index is 0.0988. The largest absolute Gasteiger partial charge is 0.393 e. The Kier molecular flexibility index (Phi) is 9.16. The zero-order valence-corrected chi connectivity index (χ0v) is 10.7. The Labute approximate surface area is 97.8 Å². The highest BCUT2D eigenvalue weighted by molar-refractivity contribution is 6.28. The molecule has 0 radical (unpaired) electrons. The number of hydrogen-bond acceptors (Lipinski definition) is 1. The SMILES string of the molecule is CCCCCCC(C(C)O)C(Cl)CCl. The first kappa shape index (κ1) is 14.5. The first-order chi connectivity index (χ1) is 6.63. The summed E-state index contributed by atoms with van der Waals surface area (Å²) in [6.07, 6.45) is 5.51. The third kappa shape index (κ3) is 6.10. The van der Waals surface area contributed by atoms with Crippen LogP contribution in [0.4, 0.5) is 0 Å². The highest BCUT2D eigenvalue weighted by Crippen LogP contribution is 2.23. The predicted molar refractivity (Wildman–Crippen MR) is 64.3 cm³/mol. The lowest BCUT2D eigenvalue weighted by atomic mass is 9.93. The summed E-state index contributed by atoms with van der Waals surface area (Å²) in [6.45, 7) is 3.99. The van der Waals surface area contributed by atoms with Crippen molar-refractivity contribution in [1.82, 2.24) is 0 Å². The molecule has 1 nitrogen and oxygen atoms in total. The molecule has 0 saturated carbocycles. The van der Waals surface area contributed by atoms with Crippen molar-refractivity contribution in [3.05, 3.63) is 0 Å². The number of unbranched alkanes of at least 4 members (excludes halogenated alkanes) is 3. The second kappa shape index (κ2) is 8.82. The molecule has 0 aliphatic carbocycles. The summed E-state index contributed by atoms with van der Waals surface area (Å²) in [5.74, 6) is 0.566. The van der Waals surface area contributed by atoms with Crippen molar-refractivity contribution in [3.8, 4) is 0 Å². The molecule has 3 atom stereocenters. The monoisotopic (exact) mass is 240 g/mol. The molecule has 3 heteroatoms. The maximum atomic E-state index is 9.53. The number of alkyl halides is 2. The van der Waals surface area contributed by atoms with E-state index in [1.165, 1.54) is 19.3 Å². The first-order valence-corrected chi connectivity index (χ1v) is 6.48. The van der Waals surface area contributed by atoms with Crippen LogP contribution in [0, 0.1) is 5.92 Å². The van der Waals surface area contributed by atoms with Crippen LogP contribution in [-0.2, 0) is 0 Å². The van der Waals surface area contributed by atoms with Crippen molar-refractivity contribution in [3.63, 3.8) is 0 Å². The zero-order chi connectivity index (χ0) is 11.0. The van der Waals surface area contributed by atoms with E-state index < -0.39 is 0 Å². The van der Waals surface area contributed by atoms with E-state index in [2.05, 4.69) is 6.92 Å². The van der Waals surface area contributed by atoms with E-state index in [1.807, 2.05) is 0 Å². The molecule has 0 amide bonds. The van der Waals surface area contributed by atoms with E-state index in [4.69, 9.17) is 23.2 Å². The quantitative estimate of drug-likeness (QED) is 0.506. The molecule has 0 fully saturated rings. The van der Waals surface area contributed by atoms with Crippen LogP contribution in [0.25, 0.3) is 0 Å². The molecule has 0 aromatic heterocycles. The molecule has 0 saturated heterocycles. The van der Waals surface area contributed by atoms with Crippen LogP contribution in [0.3, 0.4) is 0 Å². The topological polar surface area (TPSA) is 20.2 Å². The summed E-state index contributed by atoms with van der Waals surface area (Å²) >= 11 is 11.7. The molecule has 0 aliphatic rings. The maximum Gasteiger partial charge on any atom is 0.0554 e. The maximum absolute atomic E-state index is 9.53. The predicted octanol–water partition coefficient (Wildman–Crippen LogP) is 3.80. The number of aliphatic hydroxyl groups is 1. The van der Waals surface area contributed by atoms with E-state index >= 15 is 0 Å². The summed E-state index contributed by atoms with van der Waals surface area (Å²) in [5.41, 5.74) is 0. The van der Waals surface area contributed by atoms with E-state index in [-0.39, 0.29) is 17.4 Å². The van der Waals surface area contributed by atoms with Crippen molar-refractivity contribution >= 4 is 23.2 Å². The molecule has 0 heterocycles. The van der Waals surface area contributed by atoms with Crippen molar-refractivity contribution < 1.29 is 5.11 Å². The molecule has 0 aromatic carbocycles. The minimum Gasteiger partial charge on any atom is -0.393 e. The fourth-order valence-corrected chi connectivity index (χ4v) is 2.21. The molecular weight excluding hydrogens is 219 g/mol. The molecule has 0 bridgehead atoms. The van der Waals surface area contributed by atoms with Crippen LogP contribution < -0.4 is 0 Å². The molecule has 14 heavy (non-hydrogen) atoms. The zero-order valence-electron chi connectivity index (χ0n) is 9.18. The standard InChI is InChI=1S/C11H22Cl2O/c1-3-4-5-6-7-10(9(2)14)11(13)8-12/h9-11,14H,3-8H2,1-2H3. The van der Waals surface area contributed by atoms with Crippen LogP contribution in [0.1, 0.15) is 46.0 Å². The average Bonchev–Trinajstić information content (AvgIpc) is 2.16. The van der Waals surface area contributed by atoms with Gasteiger partial charge in [0.15, 0.2) is 0 Å². The summed E-state index contributed by atoms with van der Waals surface area (Å²) in [4.78, 5) is 0. The van der Waals surface area contributed by atoms with Crippen LogP contribution >= 0.6 is 23.2 Å². The molecule has 0 spiro atoms. The van der Waals surface area contributed by atoms with E-state index in [1.54, 1.807) is 6.92 Å². The third-order valence-electron chi connectivity index (χ3n) is 2.62. The Morgan fingerprint density at radius 3 is 2.29 bits per heavy atom. The summed E-state index contributed by atoms with van der Waals surface area (Å²) in [7, 11) is 0. The third-order valence-corrected chi connectivity index (χ3v) is 3.59. The van der Waals surface area contributed by atoms with E-state index in [0.29, 0.717) is 5.88 Å². The minimum atomic E-state index is -0.349. The second-order valence-electron chi connectivity index (χ2n) is 3.92. The van der Waals surface area contributed by atoms with Gasteiger partial charge in [0.05, 0.1) is 11.5 Å². The van der Waals surface area contributed by atoms with Gasteiger partial charge in [-0.2, -0.15) is 0 Å². The molecule has 1 N–H and O–H groups in total. The van der Waals surface area contributed by atoms with Gasteiger partial charge < -0.3 is 5.11 Å². The van der Waals surface area contributed by atoms with Gasteiger partial charge in [0.2, 0.25) is 0 Å². The second-order valence-corrected chi connectivity index (χ2v) is 4.79. The molecular formula is C11H22Cl2O. The van der Waals surface area contributed by atoms with Gasteiger partial charge >= 0.3 is 0 Å². The Balaban J connectivity index is 3.74. The first-order valence-electron chi connectivity index (χ1n) is 5.51. The van der Waals surface area contributed by atoms with Gasteiger partial charge in [0.1, 0.15) is 0 Å². The molecule has 0 rings (SSSR count). The molecule has 0 aliphatic heterocycles. The normalized spacial score (nSPS) is 17.8. The fourth-order valence-electron chi connectivity index (χ4n) is 1.65. The van der Waals surface area contributed by atoms with Crippen LogP contribution in [0.5, 0.6) is 0 Å². The van der Waals surface area contributed by atoms with Gasteiger partial charge in [-0.25, -0.2) is 0 Å². The van der Waals surface area contributed by atoms with Crippen LogP contribution in [-0.4, -0.2) is 22.5 Å². The van der Waals surface area contributed by atoms with E-state index in [0.717, 1.165) is 12.8 Å². The number of aliphatic hydroxyl groups excluding tert-OH is 1. The van der Waals surface area contributed by atoms with Crippen molar-refractivity contribution in [2.45, 2.75) is 57.4 Å². The number of hydrogen-bond donors (Lipinski definition) is 1. The Bertz CT molecular complexity index is 128. The summed E-state index contributed by atoms with van der Waals surface area (Å²) < 4.78 is 0. The van der Waals surface area contributed by atoms with Crippen molar-refractivity contribution in [1.29, 1.82) is 0 Å². The number of halogens is 2. The average molecular weight is 241 g/mol. The summed E-state index contributed by atoms with van der Waals surface area (Å²) in [6, 6.07) is 0. The van der Waals surface area contributed by atoms with Crippen molar-refractivity contribution in [2.24, 2.45) is 5.92 Å². The Morgan fingerprint density at radius 2 is 1.86 bits per heavy atom. The van der Waals surface area contributed by atoms with Gasteiger partial charge in [0, 0.05) is 11.8 Å². The summed E-state index contributed by atoms with van der Waals surface area (Å²) in [5, 5.41) is 9.43. The van der Waals surface area contributed by atoms with Crippen molar-refractivity contribution in [2.75, 3.05) is 5.88 Å². The lowest BCUT2D eigenvalue weighted by Crippen LogP contribution is -2.27. The Morgan fingerprint density at radius 1 is 1.21 bits per heavy atom. The van der Waals surface area contributed by atoms with Gasteiger partial charge in [-0.05, 0) is 13.3 Å². The molecule has 3 unspecified atom stereocenters. The number of rotatable bonds is 8. The lowest BCUT2D eigenvalue weighted by Gasteiger charge is -2.23. The van der Waals surface area contributed by atoms with Gasteiger partial charge in [0.25, 0.3) is 0 Å². The molecule has 0 aromatic rings.